The number of benzene rings is 1. The van der Waals surface area contributed by atoms with E-state index in [4.69, 9.17) is 4.74 Å². The largest absolute Gasteiger partial charge is 0.379 e. The molecule has 1 aliphatic rings. The van der Waals surface area contributed by atoms with Gasteiger partial charge in [0.25, 0.3) is 0 Å². The number of rotatable bonds is 7. The van der Waals surface area contributed by atoms with Crippen LogP contribution in [0.2, 0.25) is 0 Å². The molecule has 0 saturated carbocycles. The van der Waals surface area contributed by atoms with Crippen LogP contribution < -0.4 is 5.32 Å². The summed E-state index contributed by atoms with van der Waals surface area (Å²) in [7, 11) is 0. The molecular weight excluding hydrogens is 338 g/mol. The van der Waals surface area contributed by atoms with E-state index in [9.17, 15) is 4.79 Å². The lowest BCUT2D eigenvalue weighted by Gasteiger charge is -2.19. The highest BCUT2D eigenvalue weighted by Gasteiger charge is 2.29. The Morgan fingerprint density at radius 3 is 2.93 bits per heavy atom. The molecule has 0 aliphatic carbocycles. The summed E-state index contributed by atoms with van der Waals surface area (Å²) in [4.78, 5) is 19.8. The quantitative estimate of drug-likeness (QED) is 0.677. The second-order valence-corrected chi connectivity index (χ2v) is 7.24. The second kappa shape index (κ2) is 8.35. The average Bonchev–Trinajstić information content (AvgIpc) is 3.30. The fourth-order valence-electron chi connectivity index (χ4n) is 3.84. The van der Waals surface area contributed by atoms with Crippen LogP contribution in [0.3, 0.4) is 0 Å². The second-order valence-electron chi connectivity index (χ2n) is 7.24. The molecule has 4 rings (SSSR count). The van der Waals surface area contributed by atoms with Crippen molar-refractivity contribution in [3.63, 3.8) is 0 Å². The summed E-state index contributed by atoms with van der Waals surface area (Å²) in [5, 5.41) is 4.43. The number of nitrogens with one attached hydrogen (secondary N) is 2. The monoisotopic (exact) mass is 363 g/mol. The zero-order valence-corrected chi connectivity index (χ0v) is 15.4. The molecule has 3 heterocycles. The highest BCUT2D eigenvalue weighted by molar-refractivity contribution is 5.83. The van der Waals surface area contributed by atoms with Gasteiger partial charge in [0.15, 0.2) is 0 Å². The van der Waals surface area contributed by atoms with Gasteiger partial charge in [-0.2, -0.15) is 0 Å². The number of aromatic nitrogens is 2. The van der Waals surface area contributed by atoms with Crippen molar-refractivity contribution >= 4 is 16.8 Å². The first-order chi connectivity index (χ1) is 13.3. The number of pyridine rings is 1. The Kier molecular flexibility index (Phi) is 5.49. The number of fused-ring (bicyclic) bond motifs is 1. The lowest BCUT2D eigenvalue weighted by Crippen LogP contribution is -2.40. The maximum Gasteiger partial charge on any atom is 0.220 e. The van der Waals surface area contributed by atoms with Gasteiger partial charge in [-0.15, -0.1) is 0 Å². The van der Waals surface area contributed by atoms with Gasteiger partial charge < -0.3 is 15.0 Å². The van der Waals surface area contributed by atoms with Crippen molar-refractivity contribution in [2.45, 2.75) is 31.7 Å². The molecular formula is C22H25N3O2. The van der Waals surface area contributed by atoms with Crippen molar-refractivity contribution in [2.75, 3.05) is 13.2 Å². The van der Waals surface area contributed by atoms with Crippen LogP contribution in [-0.2, 0) is 22.4 Å². The Labute approximate surface area is 159 Å². The van der Waals surface area contributed by atoms with E-state index in [0.717, 1.165) is 24.8 Å². The minimum atomic E-state index is 0.0961. The zero-order valence-electron chi connectivity index (χ0n) is 15.4. The lowest BCUT2D eigenvalue weighted by atomic mass is 9.95. The molecule has 5 heteroatoms. The smallest absolute Gasteiger partial charge is 0.220 e. The standard InChI is InChI=1S/C22H25N3O2/c26-22(7-3-4-17-13-24-20-6-2-1-5-19(17)20)25-21-15-27-14-18(21)12-16-8-10-23-11-9-16/h1-2,5-6,8-11,13,18,21,24H,3-4,7,12,14-15H2,(H,25,26)/t18-,21+/m1/s1. The first-order valence-electron chi connectivity index (χ1n) is 9.60. The Morgan fingerprint density at radius 1 is 1.19 bits per heavy atom. The maximum atomic E-state index is 12.4. The number of nitrogens with zero attached hydrogens (tertiary/aromatic N) is 1. The minimum absolute atomic E-state index is 0.0961. The van der Waals surface area contributed by atoms with E-state index in [1.807, 2.05) is 30.6 Å². The van der Waals surface area contributed by atoms with Crippen molar-refractivity contribution in [3.8, 4) is 0 Å². The van der Waals surface area contributed by atoms with Crippen LogP contribution in [0.25, 0.3) is 10.9 Å². The summed E-state index contributed by atoms with van der Waals surface area (Å²) in [5.41, 5.74) is 3.66. The van der Waals surface area contributed by atoms with Crippen LogP contribution in [0, 0.1) is 5.92 Å². The Balaban J connectivity index is 1.26. The molecule has 0 unspecified atom stereocenters. The van der Waals surface area contributed by atoms with Gasteiger partial charge in [0.1, 0.15) is 0 Å². The molecule has 0 bridgehead atoms. The Hall–Kier alpha value is -2.66. The normalized spacial score (nSPS) is 19.4. The predicted molar refractivity (Wildman–Crippen MR) is 105 cm³/mol. The molecule has 1 aromatic carbocycles. The van der Waals surface area contributed by atoms with Crippen molar-refractivity contribution in [2.24, 2.45) is 5.92 Å². The summed E-state index contributed by atoms with van der Waals surface area (Å²) >= 11 is 0. The van der Waals surface area contributed by atoms with Gasteiger partial charge in [-0.1, -0.05) is 18.2 Å². The molecule has 3 aromatic rings. The molecule has 2 N–H and O–H groups in total. The van der Waals surface area contributed by atoms with Crippen LogP contribution in [0.1, 0.15) is 24.0 Å². The molecule has 27 heavy (non-hydrogen) atoms. The molecule has 140 valence electrons. The number of aromatic amines is 1. The Bertz CT molecular complexity index is 891. The van der Waals surface area contributed by atoms with Gasteiger partial charge in [-0.3, -0.25) is 9.78 Å². The summed E-state index contributed by atoms with van der Waals surface area (Å²) in [6, 6.07) is 12.4. The van der Waals surface area contributed by atoms with Gasteiger partial charge >= 0.3 is 0 Å². The summed E-state index contributed by atoms with van der Waals surface area (Å²) in [6.07, 6.45) is 8.86. The molecule has 1 fully saturated rings. The van der Waals surface area contributed by atoms with Crippen LogP contribution >= 0.6 is 0 Å². The number of carbonyl (C=O) groups is 1. The highest BCUT2D eigenvalue weighted by Crippen LogP contribution is 2.21. The first kappa shape index (κ1) is 17.7. The number of ether oxygens (including phenoxy) is 1. The van der Waals surface area contributed by atoms with Crippen molar-refractivity contribution < 1.29 is 9.53 Å². The average molecular weight is 363 g/mol. The molecule has 5 nitrogen and oxygen atoms in total. The van der Waals surface area contributed by atoms with E-state index in [-0.39, 0.29) is 11.9 Å². The Morgan fingerprint density at radius 2 is 2.04 bits per heavy atom. The summed E-state index contributed by atoms with van der Waals surface area (Å²) < 4.78 is 5.62. The third kappa shape index (κ3) is 4.37. The molecule has 1 saturated heterocycles. The molecule has 1 aliphatic heterocycles. The van der Waals surface area contributed by atoms with Crippen molar-refractivity contribution in [3.05, 3.63) is 66.1 Å². The van der Waals surface area contributed by atoms with E-state index in [1.54, 1.807) is 0 Å². The molecule has 1 amide bonds. The van der Waals surface area contributed by atoms with Crippen molar-refractivity contribution in [1.29, 1.82) is 0 Å². The van der Waals surface area contributed by atoms with Crippen molar-refractivity contribution in [1.82, 2.24) is 15.3 Å². The topological polar surface area (TPSA) is 67.0 Å². The van der Waals surface area contributed by atoms with Crippen LogP contribution in [0.4, 0.5) is 0 Å². The van der Waals surface area contributed by atoms with E-state index in [1.165, 1.54) is 16.5 Å². The van der Waals surface area contributed by atoms with Crippen LogP contribution in [-0.4, -0.2) is 35.1 Å². The number of hydrogen-bond acceptors (Lipinski definition) is 3. The molecule has 2 aromatic heterocycles. The fraction of sp³-hybridized carbons (Fsp3) is 0.364. The lowest BCUT2D eigenvalue weighted by molar-refractivity contribution is -0.122. The van der Waals surface area contributed by atoms with Gasteiger partial charge in [0, 0.05) is 41.8 Å². The molecule has 0 radical (unpaired) electrons. The van der Waals surface area contributed by atoms with Gasteiger partial charge in [0.05, 0.1) is 19.3 Å². The van der Waals surface area contributed by atoms with E-state index < -0.39 is 0 Å². The number of H-pyrrole nitrogens is 1. The van der Waals surface area contributed by atoms with E-state index in [0.29, 0.717) is 25.6 Å². The third-order valence-electron chi connectivity index (χ3n) is 5.32. The fourth-order valence-corrected chi connectivity index (χ4v) is 3.84. The third-order valence-corrected chi connectivity index (χ3v) is 5.32. The number of amides is 1. The number of para-hydroxylation sites is 1. The van der Waals surface area contributed by atoms with Gasteiger partial charge in [0.2, 0.25) is 5.91 Å². The van der Waals surface area contributed by atoms with Gasteiger partial charge in [-0.05, 0) is 48.6 Å². The van der Waals surface area contributed by atoms with E-state index >= 15 is 0 Å². The predicted octanol–water partition coefficient (Wildman–Crippen LogP) is 3.26. The molecule has 2 atom stereocenters. The SMILES string of the molecule is O=C(CCCc1c[nH]c2ccccc12)N[C@H]1COC[C@H]1Cc1ccncc1. The summed E-state index contributed by atoms with van der Waals surface area (Å²) in [6.45, 7) is 1.30. The zero-order chi connectivity index (χ0) is 18.5. The highest BCUT2D eigenvalue weighted by atomic mass is 16.5. The van der Waals surface area contributed by atoms with Crippen LogP contribution in [0.5, 0.6) is 0 Å². The van der Waals surface area contributed by atoms with E-state index in [2.05, 4.69) is 39.7 Å². The number of hydrogen-bond donors (Lipinski definition) is 2. The number of aryl methyl sites for hydroxylation is 1. The maximum absolute atomic E-state index is 12.4. The number of carbonyl (C=O) groups excluding carboxylic acids is 1. The molecule has 0 spiro atoms. The van der Waals surface area contributed by atoms with Gasteiger partial charge in [-0.25, -0.2) is 0 Å². The van der Waals surface area contributed by atoms with Crippen LogP contribution in [0.15, 0.2) is 55.0 Å². The minimum Gasteiger partial charge on any atom is -0.379 e. The summed E-state index contributed by atoms with van der Waals surface area (Å²) in [5.74, 6) is 0.440. The first-order valence-corrected chi connectivity index (χ1v) is 9.60.